The van der Waals surface area contributed by atoms with E-state index in [4.69, 9.17) is 15.9 Å². The molecule has 1 aromatic rings. The largest absolute Gasteiger partial charge is 0.384 e. The Kier molecular flexibility index (Phi) is 5.30. The van der Waals surface area contributed by atoms with Gasteiger partial charge in [-0.15, -0.1) is 0 Å². The summed E-state index contributed by atoms with van der Waals surface area (Å²) in [6, 6.07) is 1.96. The van der Waals surface area contributed by atoms with Crippen molar-refractivity contribution >= 4 is 11.5 Å². The zero-order valence-corrected chi connectivity index (χ0v) is 12.4. The van der Waals surface area contributed by atoms with Crippen molar-refractivity contribution in [3.8, 4) is 0 Å². The first-order valence-electron chi connectivity index (χ1n) is 6.48. The second-order valence-electron chi connectivity index (χ2n) is 5.00. The van der Waals surface area contributed by atoms with E-state index in [1.165, 1.54) is 0 Å². The SMILES string of the molecule is Cc1cc(N(C)CCOC(C)C)c(C(=N)N)c(C)n1. The van der Waals surface area contributed by atoms with Gasteiger partial charge in [-0.2, -0.15) is 0 Å². The van der Waals surface area contributed by atoms with Gasteiger partial charge in [0, 0.05) is 19.3 Å². The minimum absolute atomic E-state index is 0.0524. The van der Waals surface area contributed by atoms with E-state index in [2.05, 4.69) is 9.88 Å². The summed E-state index contributed by atoms with van der Waals surface area (Å²) in [4.78, 5) is 6.42. The number of nitrogens with one attached hydrogen (secondary N) is 1. The van der Waals surface area contributed by atoms with E-state index in [1.54, 1.807) is 0 Å². The fraction of sp³-hybridized carbons (Fsp3) is 0.571. The van der Waals surface area contributed by atoms with Gasteiger partial charge in [-0.05, 0) is 33.8 Å². The lowest BCUT2D eigenvalue weighted by Gasteiger charge is -2.24. The summed E-state index contributed by atoms with van der Waals surface area (Å²) in [5.74, 6) is 0.0524. The van der Waals surface area contributed by atoms with E-state index in [0.29, 0.717) is 12.2 Å². The number of rotatable bonds is 6. The molecule has 3 N–H and O–H groups in total. The van der Waals surface area contributed by atoms with Crippen molar-refractivity contribution in [1.29, 1.82) is 5.41 Å². The highest BCUT2D eigenvalue weighted by molar-refractivity contribution is 6.01. The zero-order valence-electron chi connectivity index (χ0n) is 12.4. The van der Waals surface area contributed by atoms with Crippen molar-refractivity contribution in [1.82, 2.24) is 4.98 Å². The molecule has 19 heavy (non-hydrogen) atoms. The van der Waals surface area contributed by atoms with Gasteiger partial charge in [-0.25, -0.2) is 0 Å². The molecule has 0 aromatic carbocycles. The molecule has 0 unspecified atom stereocenters. The predicted octanol–water partition coefficient (Wildman–Crippen LogP) is 1.84. The van der Waals surface area contributed by atoms with Crippen LogP contribution in [0.5, 0.6) is 0 Å². The molecule has 5 heteroatoms. The summed E-state index contributed by atoms with van der Waals surface area (Å²) in [6.07, 6.45) is 0.224. The first kappa shape index (κ1) is 15.4. The second-order valence-corrected chi connectivity index (χ2v) is 5.00. The minimum atomic E-state index is 0.0524. The predicted molar refractivity (Wildman–Crippen MR) is 79.1 cm³/mol. The molecule has 0 spiro atoms. The summed E-state index contributed by atoms with van der Waals surface area (Å²) in [5.41, 5.74) is 9.02. The summed E-state index contributed by atoms with van der Waals surface area (Å²) < 4.78 is 5.55. The van der Waals surface area contributed by atoms with Crippen LogP contribution in [0, 0.1) is 19.3 Å². The molecule has 0 fully saturated rings. The molecule has 0 saturated heterocycles. The topological polar surface area (TPSA) is 75.2 Å². The van der Waals surface area contributed by atoms with Crippen LogP contribution in [0.4, 0.5) is 5.69 Å². The molecule has 0 radical (unpaired) electrons. The monoisotopic (exact) mass is 264 g/mol. The van der Waals surface area contributed by atoms with Crippen LogP contribution in [-0.4, -0.2) is 37.1 Å². The Morgan fingerprint density at radius 3 is 2.63 bits per heavy atom. The Balaban J connectivity index is 2.94. The maximum Gasteiger partial charge on any atom is 0.126 e. The van der Waals surface area contributed by atoms with Gasteiger partial charge >= 0.3 is 0 Å². The van der Waals surface area contributed by atoms with E-state index < -0.39 is 0 Å². The van der Waals surface area contributed by atoms with Gasteiger partial charge in [-0.3, -0.25) is 10.4 Å². The summed E-state index contributed by atoms with van der Waals surface area (Å²) >= 11 is 0. The van der Waals surface area contributed by atoms with E-state index in [9.17, 15) is 0 Å². The molecule has 1 heterocycles. The normalized spacial score (nSPS) is 10.8. The van der Waals surface area contributed by atoms with Crippen LogP contribution >= 0.6 is 0 Å². The van der Waals surface area contributed by atoms with Crippen molar-refractivity contribution in [2.75, 3.05) is 25.1 Å². The molecule has 0 bridgehead atoms. The first-order valence-corrected chi connectivity index (χ1v) is 6.48. The number of likely N-dealkylation sites (N-methyl/N-ethyl adjacent to an activating group) is 1. The minimum Gasteiger partial charge on any atom is -0.384 e. The van der Waals surface area contributed by atoms with Crippen molar-refractivity contribution in [2.24, 2.45) is 5.73 Å². The Bertz CT molecular complexity index is 457. The van der Waals surface area contributed by atoms with Crippen LogP contribution in [0.1, 0.15) is 30.8 Å². The Morgan fingerprint density at radius 2 is 2.11 bits per heavy atom. The van der Waals surface area contributed by atoms with E-state index in [1.807, 2.05) is 40.8 Å². The maximum absolute atomic E-state index is 7.71. The van der Waals surface area contributed by atoms with Crippen LogP contribution < -0.4 is 10.6 Å². The van der Waals surface area contributed by atoms with E-state index in [-0.39, 0.29) is 11.9 Å². The number of aromatic nitrogens is 1. The molecule has 106 valence electrons. The van der Waals surface area contributed by atoms with Gasteiger partial charge in [0.25, 0.3) is 0 Å². The number of hydrogen-bond acceptors (Lipinski definition) is 4. The Labute approximate surface area is 115 Å². The molecule has 1 aromatic heterocycles. The van der Waals surface area contributed by atoms with Crippen LogP contribution in [-0.2, 0) is 4.74 Å². The standard InChI is InChI=1S/C14H24N4O/c1-9(2)19-7-6-18(5)12-8-10(3)17-11(4)13(12)14(15)16/h8-9H,6-7H2,1-5H3,(H3,15,16). The van der Waals surface area contributed by atoms with Crippen LogP contribution in [0.15, 0.2) is 6.07 Å². The fourth-order valence-electron chi connectivity index (χ4n) is 1.99. The van der Waals surface area contributed by atoms with Gasteiger partial charge in [0.2, 0.25) is 0 Å². The lowest BCUT2D eigenvalue weighted by atomic mass is 10.1. The number of nitrogen functional groups attached to an aromatic ring is 1. The average Bonchev–Trinajstić information content (AvgIpc) is 2.26. The molecular formula is C14H24N4O. The third kappa shape index (κ3) is 4.21. The van der Waals surface area contributed by atoms with Crippen LogP contribution in [0.2, 0.25) is 0 Å². The zero-order chi connectivity index (χ0) is 14.6. The number of hydrogen-bond donors (Lipinski definition) is 2. The molecular weight excluding hydrogens is 240 g/mol. The first-order chi connectivity index (χ1) is 8.82. The van der Waals surface area contributed by atoms with E-state index in [0.717, 1.165) is 23.6 Å². The number of pyridine rings is 1. The maximum atomic E-state index is 7.71. The molecule has 0 aliphatic heterocycles. The smallest absolute Gasteiger partial charge is 0.126 e. The fourth-order valence-corrected chi connectivity index (χ4v) is 1.99. The number of amidine groups is 1. The lowest BCUT2D eigenvalue weighted by molar-refractivity contribution is 0.0846. The van der Waals surface area contributed by atoms with Crippen LogP contribution in [0.3, 0.4) is 0 Å². The average molecular weight is 264 g/mol. The Morgan fingerprint density at radius 1 is 1.47 bits per heavy atom. The lowest BCUT2D eigenvalue weighted by Crippen LogP contribution is -2.28. The molecule has 0 aliphatic carbocycles. The molecule has 0 saturated carbocycles. The van der Waals surface area contributed by atoms with Crippen molar-refractivity contribution in [2.45, 2.75) is 33.8 Å². The molecule has 0 amide bonds. The van der Waals surface area contributed by atoms with Gasteiger partial charge in [0.1, 0.15) is 5.84 Å². The van der Waals surface area contributed by atoms with Crippen molar-refractivity contribution < 1.29 is 4.74 Å². The van der Waals surface area contributed by atoms with E-state index >= 15 is 0 Å². The Hall–Kier alpha value is -1.62. The molecule has 1 rings (SSSR count). The highest BCUT2D eigenvalue weighted by atomic mass is 16.5. The van der Waals surface area contributed by atoms with Gasteiger partial charge in [-0.1, -0.05) is 0 Å². The quantitative estimate of drug-likeness (QED) is 0.607. The molecule has 0 atom stereocenters. The van der Waals surface area contributed by atoms with Gasteiger partial charge in [0.15, 0.2) is 0 Å². The van der Waals surface area contributed by atoms with Gasteiger partial charge < -0.3 is 15.4 Å². The molecule has 5 nitrogen and oxygen atoms in total. The van der Waals surface area contributed by atoms with Crippen LogP contribution in [0.25, 0.3) is 0 Å². The number of nitrogens with zero attached hydrogens (tertiary/aromatic N) is 2. The van der Waals surface area contributed by atoms with Crippen molar-refractivity contribution in [3.05, 3.63) is 23.0 Å². The highest BCUT2D eigenvalue weighted by Gasteiger charge is 2.14. The summed E-state index contributed by atoms with van der Waals surface area (Å²) in [5, 5.41) is 7.71. The molecule has 0 aliphatic rings. The van der Waals surface area contributed by atoms with Gasteiger partial charge in [0.05, 0.1) is 29.7 Å². The summed E-state index contributed by atoms with van der Waals surface area (Å²) in [7, 11) is 1.98. The summed E-state index contributed by atoms with van der Waals surface area (Å²) in [6.45, 7) is 9.25. The second kappa shape index (κ2) is 6.52. The number of aryl methyl sites for hydroxylation is 2. The number of ether oxygens (including phenoxy) is 1. The third-order valence-electron chi connectivity index (χ3n) is 2.87. The third-order valence-corrected chi connectivity index (χ3v) is 2.87. The highest BCUT2D eigenvalue weighted by Crippen LogP contribution is 2.22. The van der Waals surface area contributed by atoms with Crippen molar-refractivity contribution in [3.63, 3.8) is 0 Å². The number of nitrogens with two attached hydrogens (primary N) is 1. The number of anilines is 1.